The minimum absolute atomic E-state index is 0.209. The van der Waals surface area contributed by atoms with Crippen LogP contribution >= 0.6 is 0 Å². The summed E-state index contributed by atoms with van der Waals surface area (Å²) in [5, 5.41) is 3.94. The number of amides is 1. The Morgan fingerprint density at radius 3 is 2.76 bits per heavy atom. The smallest absolute Gasteiger partial charge is 0.273 e. The van der Waals surface area contributed by atoms with Gasteiger partial charge in [0.15, 0.2) is 0 Å². The summed E-state index contributed by atoms with van der Waals surface area (Å²) >= 11 is 0. The van der Waals surface area contributed by atoms with E-state index in [2.05, 4.69) is 15.3 Å². The highest BCUT2D eigenvalue weighted by Gasteiger charge is 2.10. The second kappa shape index (κ2) is 5.20. The fraction of sp³-hybridized carbons (Fsp3) is 0.0625. The maximum atomic E-state index is 12.2. The van der Waals surface area contributed by atoms with Gasteiger partial charge in [-0.05, 0) is 36.1 Å². The first-order chi connectivity index (χ1) is 10.1. The molecule has 0 saturated heterocycles. The first-order valence-electron chi connectivity index (χ1n) is 6.49. The minimum atomic E-state index is -0.394. The standard InChI is InChI=1S/C16H13N3O2/c1-10-6-7-14(17-9-10)19-16(21)13-8-11-4-2-3-5-12(11)15(20)18-13/h2-9H,1H3,(H,18,20)(H,17,19,21). The number of benzene rings is 1. The molecule has 2 N–H and O–H groups in total. The lowest BCUT2D eigenvalue weighted by atomic mass is 10.1. The van der Waals surface area contributed by atoms with Crippen molar-refractivity contribution in [2.24, 2.45) is 0 Å². The number of aromatic amines is 1. The van der Waals surface area contributed by atoms with E-state index in [1.807, 2.05) is 19.1 Å². The maximum Gasteiger partial charge on any atom is 0.273 e. The molecule has 0 aliphatic rings. The van der Waals surface area contributed by atoms with Crippen LogP contribution in [-0.4, -0.2) is 15.9 Å². The topological polar surface area (TPSA) is 74.8 Å². The Bertz CT molecular complexity index is 867. The summed E-state index contributed by atoms with van der Waals surface area (Å²) < 4.78 is 0. The molecule has 1 amide bonds. The number of carbonyl (C=O) groups is 1. The quantitative estimate of drug-likeness (QED) is 0.756. The Kier molecular flexibility index (Phi) is 3.23. The molecule has 2 aromatic heterocycles. The number of fused-ring (bicyclic) bond motifs is 1. The maximum absolute atomic E-state index is 12.2. The Hall–Kier alpha value is -2.95. The van der Waals surface area contributed by atoms with E-state index in [0.717, 1.165) is 10.9 Å². The highest BCUT2D eigenvalue weighted by Crippen LogP contribution is 2.11. The molecule has 104 valence electrons. The summed E-state index contributed by atoms with van der Waals surface area (Å²) in [5.74, 6) is 0.0498. The van der Waals surface area contributed by atoms with Crippen molar-refractivity contribution in [1.82, 2.24) is 9.97 Å². The number of aryl methyl sites for hydroxylation is 1. The van der Waals surface area contributed by atoms with Crippen molar-refractivity contribution < 1.29 is 4.79 Å². The Morgan fingerprint density at radius 1 is 1.19 bits per heavy atom. The average Bonchev–Trinajstić information content (AvgIpc) is 2.49. The molecule has 0 radical (unpaired) electrons. The summed E-state index contributed by atoms with van der Waals surface area (Å²) in [6.45, 7) is 1.92. The van der Waals surface area contributed by atoms with E-state index in [1.54, 1.807) is 36.5 Å². The first kappa shape index (κ1) is 13.1. The van der Waals surface area contributed by atoms with E-state index in [4.69, 9.17) is 0 Å². The number of H-pyrrole nitrogens is 1. The molecule has 1 aromatic carbocycles. The largest absolute Gasteiger partial charge is 0.317 e. The van der Waals surface area contributed by atoms with Crippen LogP contribution in [-0.2, 0) is 0 Å². The summed E-state index contributed by atoms with van der Waals surface area (Å²) in [4.78, 5) is 30.8. The second-order valence-corrected chi connectivity index (χ2v) is 4.77. The van der Waals surface area contributed by atoms with Gasteiger partial charge in [-0.3, -0.25) is 9.59 Å². The lowest BCUT2D eigenvalue weighted by molar-refractivity contribution is 0.102. The van der Waals surface area contributed by atoms with Crippen LogP contribution in [0.15, 0.2) is 53.5 Å². The van der Waals surface area contributed by atoms with Crippen molar-refractivity contribution in [3.8, 4) is 0 Å². The van der Waals surface area contributed by atoms with Crippen molar-refractivity contribution in [2.45, 2.75) is 6.92 Å². The summed E-state index contributed by atoms with van der Waals surface area (Å²) in [7, 11) is 0. The molecule has 0 saturated carbocycles. The highest BCUT2D eigenvalue weighted by molar-refractivity contribution is 6.04. The first-order valence-corrected chi connectivity index (χ1v) is 6.49. The number of anilines is 1. The third kappa shape index (κ3) is 2.67. The fourth-order valence-corrected chi connectivity index (χ4v) is 2.06. The van der Waals surface area contributed by atoms with Crippen LogP contribution in [0.25, 0.3) is 10.8 Å². The van der Waals surface area contributed by atoms with E-state index < -0.39 is 5.91 Å². The van der Waals surface area contributed by atoms with Crippen molar-refractivity contribution in [3.05, 3.63) is 70.3 Å². The van der Waals surface area contributed by atoms with Gasteiger partial charge >= 0.3 is 0 Å². The molecular weight excluding hydrogens is 266 g/mol. The van der Waals surface area contributed by atoms with Crippen molar-refractivity contribution >= 4 is 22.5 Å². The van der Waals surface area contributed by atoms with Gasteiger partial charge in [0, 0.05) is 11.6 Å². The lowest BCUT2D eigenvalue weighted by Crippen LogP contribution is -2.19. The summed E-state index contributed by atoms with van der Waals surface area (Å²) in [6, 6.07) is 12.3. The van der Waals surface area contributed by atoms with Gasteiger partial charge in [-0.15, -0.1) is 0 Å². The predicted molar refractivity (Wildman–Crippen MR) is 81.5 cm³/mol. The molecule has 0 unspecified atom stereocenters. The van der Waals surface area contributed by atoms with Crippen molar-refractivity contribution in [1.29, 1.82) is 0 Å². The fourth-order valence-electron chi connectivity index (χ4n) is 2.06. The van der Waals surface area contributed by atoms with Gasteiger partial charge in [0.2, 0.25) is 0 Å². The van der Waals surface area contributed by atoms with Gasteiger partial charge in [0.25, 0.3) is 11.5 Å². The van der Waals surface area contributed by atoms with Crippen LogP contribution in [0.2, 0.25) is 0 Å². The molecule has 0 fully saturated rings. The molecule has 0 spiro atoms. The molecule has 0 atom stereocenters. The minimum Gasteiger partial charge on any atom is -0.317 e. The third-order valence-electron chi connectivity index (χ3n) is 3.15. The van der Waals surface area contributed by atoms with Gasteiger partial charge in [-0.1, -0.05) is 24.3 Å². The van der Waals surface area contributed by atoms with Crippen LogP contribution in [0.5, 0.6) is 0 Å². The zero-order valence-corrected chi connectivity index (χ0v) is 11.4. The highest BCUT2D eigenvalue weighted by atomic mass is 16.2. The molecule has 2 heterocycles. The van der Waals surface area contributed by atoms with Gasteiger partial charge in [0.1, 0.15) is 11.5 Å². The normalized spacial score (nSPS) is 10.5. The number of hydrogen-bond acceptors (Lipinski definition) is 3. The van der Waals surface area contributed by atoms with Gasteiger partial charge in [0.05, 0.1) is 0 Å². The van der Waals surface area contributed by atoms with Gasteiger partial charge < -0.3 is 10.3 Å². The number of carbonyl (C=O) groups excluding carboxylic acids is 1. The Labute approximate surface area is 120 Å². The molecule has 21 heavy (non-hydrogen) atoms. The predicted octanol–water partition coefficient (Wildman–Crippen LogP) is 2.48. The van der Waals surface area contributed by atoms with Crippen LogP contribution in [0.3, 0.4) is 0 Å². The molecule has 5 nitrogen and oxygen atoms in total. The molecule has 3 aromatic rings. The molecule has 0 aliphatic heterocycles. The Balaban J connectivity index is 1.94. The third-order valence-corrected chi connectivity index (χ3v) is 3.15. The van der Waals surface area contributed by atoms with Crippen LogP contribution in [0, 0.1) is 6.92 Å². The molecule has 5 heteroatoms. The van der Waals surface area contributed by atoms with E-state index in [0.29, 0.717) is 11.2 Å². The van der Waals surface area contributed by atoms with E-state index in [-0.39, 0.29) is 11.3 Å². The summed E-state index contributed by atoms with van der Waals surface area (Å²) in [6.07, 6.45) is 1.67. The number of aromatic nitrogens is 2. The average molecular weight is 279 g/mol. The monoisotopic (exact) mass is 279 g/mol. The zero-order chi connectivity index (χ0) is 14.8. The number of hydrogen-bond donors (Lipinski definition) is 2. The summed E-state index contributed by atoms with van der Waals surface area (Å²) in [5.41, 5.74) is 0.934. The molecule has 0 bridgehead atoms. The zero-order valence-electron chi connectivity index (χ0n) is 11.4. The Morgan fingerprint density at radius 2 is 2.00 bits per heavy atom. The molecular formula is C16H13N3O2. The van der Waals surface area contributed by atoms with Gasteiger partial charge in [-0.25, -0.2) is 4.98 Å². The van der Waals surface area contributed by atoms with Crippen molar-refractivity contribution in [3.63, 3.8) is 0 Å². The van der Waals surface area contributed by atoms with Crippen LogP contribution < -0.4 is 10.9 Å². The number of rotatable bonds is 2. The van der Waals surface area contributed by atoms with E-state index in [1.165, 1.54) is 0 Å². The SMILES string of the molecule is Cc1ccc(NC(=O)c2cc3ccccc3c(=O)[nH]2)nc1. The molecule has 3 rings (SSSR count). The van der Waals surface area contributed by atoms with Crippen LogP contribution in [0.1, 0.15) is 16.1 Å². The number of nitrogens with one attached hydrogen (secondary N) is 2. The number of nitrogens with zero attached hydrogens (tertiary/aromatic N) is 1. The number of pyridine rings is 2. The molecule has 0 aliphatic carbocycles. The second-order valence-electron chi connectivity index (χ2n) is 4.77. The lowest BCUT2D eigenvalue weighted by Gasteiger charge is -2.05. The van der Waals surface area contributed by atoms with E-state index in [9.17, 15) is 9.59 Å². The van der Waals surface area contributed by atoms with Crippen LogP contribution in [0.4, 0.5) is 5.82 Å². The van der Waals surface area contributed by atoms with E-state index >= 15 is 0 Å². The van der Waals surface area contributed by atoms with Gasteiger partial charge in [-0.2, -0.15) is 0 Å². The van der Waals surface area contributed by atoms with Crippen molar-refractivity contribution in [2.75, 3.05) is 5.32 Å².